The van der Waals surface area contributed by atoms with Crippen molar-refractivity contribution in [1.82, 2.24) is 20.2 Å². The first-order chi connectivity index (χ1) is 12.0. The van der Waals surface area contributed by atoms with Gasteiger partial charge in [-0.3, -0.25) is 14.7 Å². The summed E-state index contributed by atoms with van der Waals surface area (Å²) in [5.41, 5.74) is 2.39. The average molecular weight is 359 g/mol. The zero-order chi connectivity index (χ0) is 17.8. The molecule has 0 aromatic carbocycles. The van der Waals surface area contributed by atoms with Crippen LogP contribution in [0, 0.1) is 6.92 Å². The van der Waals surface area contributed by atoms with Gasteiger partial charge in [-0.05, 0) is 38.0 Å². The third kappa shape index (κ3) is 5.07. The molecule has 0 saturated carbocycles. The highest BCUT2D eigenvalue weighted by molar-refractivity contribution is 7.15. The van der Waals surface area contributed by atoms with Crippen molar-refractivity contribution in [2.45, 2.75) is 45.8 Å². The summed E-state index contributed by atoms with van der Waals surface area (Å²) in [6, 6.07) is 5.16. The standard InChI is InChI=1S/C18H25N5OS/c1-12-6-15(4-5-19-12)7-16-10-23(13(2)8-20-16)11-17-9-21-18(25-17)22-14(3)24/h4-6,9,13,16,20H,7-8,10-11H2,1-3H3,(H,21,22,24)/t13-,16+/m0/s1. The predicted octanol–water partition coefficient (Wildman–Crippen LogP) is 2.21. The number of carbonyl (C=O) groups is 1. The summed E-state index contributed by atoms with van der Waals surface area (Å²) in [5.74, 6) is -0.0795. The van der Waals surface area contributed by atoms with Crippen LogP contribution in [0.1, 0.15) is 30.0 Å². The van der Waals surface area contributed by atoms with Crippen molar-refractivity contribution in [3.8, 4) is 0 Å². The Bertz CT molecular complexity index is 732. The highest BCUT2D eigenvalue weighted by Crippen LogP contribution is 2.22. The minimum absolute atomic E-state index is 0.0795. The fraction of sp³-hybridized carbons (Fsp3) is 0.500. The quantitative estimate of drug-likeness (QED) is 0.857. The third-order valence-electron chi connectivity index (χ3n) is 4.42. The lowest BCUT2D eigenvalue weighted by Gasteiger charge is -2.38. The summed E-state index contributed by atoms with van der Waals surface area (Å²) in [5, 5.41) is 7.08. The average Bonchev–Trinajstić information content (AvgIpc) is 2.97. The molecule has 7 heteroatoms. The van der Waals surface area contributed by atoms with E-state index in [1.54, 1.807) is 11.3 Å². The number of nitrogens with zero attached hydrogens (tertiary/aromatic N) is 3. The lowest BCUT2D eigenvalue weighted by Crippen LogP contribution is -2.55. The maximum absolute atomic E-state index is 11.1. The molecule has 134 valence electrons. The number of aromatic nitrogens is 2. The first-order valence-corrected chi connectivity index (χ1v) is 9.42. The zero-order valence-electron chi connectivity index (χ0n) is 15.0. The maximum Gasteiger partial charge on any atom is 0.223 e. The molecule has 2 N–H and O–H groups in total. The molecule has 0 radical (unpaired) electrons. The number of anilines is 1. The molecule has 1 saturated heterocycles. The van der Waals surface area contributed by atoms with Gasteiger partial charge in [0.25, 0.3) is 0 Å². The van der Waals surface area contributed by atoms with Crippen LogP contribution < -0.4 is 10.6 Å². The smallest absolute Gasteiger partial charge is 0.223 e. The summed E-state index contributed by atoms with van der Waals surface area (Å²) in [6.45, 7) is 8.62. The first-order valence-electron chi connectivity index (χ1n) is 8.61. The Labute approximate surface area is 152 Å². The van der Waals surface area contributed by atoms with Crippen molar-refractivity contribution in [2.24, 2.45) is 0 Å². The topological polar surface area (TPSA) is 70.2 Å². The van der Waals surface area contributed by atoms with Gasteiger partial charge in [-0.1, -0.05) is 0 Å². The lowest BCUT2D eigenvalue weighted by molar-refractivity contribution is -0.114. The van der Waals surface area contributed by atoms with E-state index >= 15 is 0 Å². The third-order valence-corrected chi connectivity index (χ3v) is 5.32. The molecule has 6 nitrogen and oxygen atoms in total. The molecule has 0 bridgehead atoms. The number of pyridine rings is 1. The van der Waals surface area contributed by atoms with Crippen molar-refractivity contribution >= 4 is 22.4 Å². The number of rotatable bonds is 5. The molecule has 2 aromatic heterocycles. The van der Waals surface area contributed by atoms with Gasteiger partial charge in [0.1, 0.15) is 0 Å². The summed E-state index contributed by atoms with van der Waals surface area (Å²) < 4.78 is 0. The second kappa shape index (κ2) is 8.03. The van der Waals surface area contributed by atoms with Crippen molar-refractivity contribution in [1.29, 1.82) is 0 Å². The minimum Gasteiger partial charge on any atom is -0.311 e. The summed E-state index contributed by atoms with van der Waals surface area (Å²) >= 11 is 1.55. The summed E-state index contributed by atoms with van der Waals surface area (Å²) in [7, 11) is 0. The Morgan fingerprint density at radius 2 is 2.32 bits per heavy atom. The molecule has 0 unspecified atom stereocenters. The fourth-order valence-electron chi connectivity index (χ4n) is 3.16. The second-order valence-electron chi connectivity index (χ2n) is 6.71. The Balaban J connectivity index is 1.60. The van der Waals surface area contributed by atoms with E-state index in [0.29, 0.717) is 17.2 Å². The summed E-state index contributed by atoms with van der Waals surface area (Å²) in [4.78, 5) is 23.4. The number of piperazine rings is 1. The molecular formula is C18H25N5OS. The fourth-order valence-corrected chi connectivity index (χ4v) is 4.04. The molecular weight excluding hydrogens is 334 g/mol. The zero-order valence-corrected chi connectivity index (χ0v) is 15.8. The van der Waals surface area contributed by atoms with Crippen LogP contribution in [0.3, 0.4) is 0 Å². The van der Waals surface area contributed by atoms with Gasteiger partial charge in [-0.15, -0.1) is 11.3 Å². The number of carbonyl (C=O) groups excluding carboxylic acids is 1. The van der Waals surface area contributed by atoms with Gasteiger partial charge in [0.15, 0.2) is 5.13 Å². The normalized spacial score (nSPS) is 21.2. The largest absolute Gasteiger partial charge is 0.311 e. The maximum atomic E-state index is 11.1. The van der Waals surface area contributed by atoms with Crippen LogP contribution in [0.25, 0.3) is 0 Å². The van der Waals surface area contributed by atoms with Crippen molar-refractivity contribution in [3.63, 3.8) is 0 Å². The van der Waals surface area contributed by atoms with Gasteiger partial charge < -0.3 is 10.6 Å². The van der Waals surface area contributed by atoms with Crippen LogP contribution in [0.15, 0.2) is 24.5 Å². The van der Waals surface area contributed by atoms with Crippen LogP contribution in [0.5, 0.6) is 0 Å². The van der Waals surface area contributed by atoms with Crippen LogP contribution in [-0.4, -0.2) is 45.9 Å². The Morgan fingerprint density at radius 3 is 3.08 bits per heavy atom. The molecule has 25 heavy (non-hydrogen) atoms. The van der Waals surface area contributed by atoms with Gasteiger partial charge in [-0.25, -0.2) is 4.98 Å². The second-order valence-corrected chi connectivity index (χ2v) is 7.82. The predicted molar refractivity (Wildman–Crippen MR) is 101 cm³/mol. The van der Waals surface area contributed by atoms with E-state index in [1.807, 2.05) is 19.3 Å². The minimum atomic E-state index is -0.0795. The van der Waals surface area contributed by atoms with Crippen molar-refractivity contribution < 1.29 is 4.79 Å². The number of thiazole rings is 1. The molecule has 0 spiro atoms. The number of nitrogens with one attached hydrogen (secondary N) is 2. The molecule has 3 heterocycles. The lowest BCUT2D eigenvalue weighted by atomic mass is 10.0. The molecule has 1 aliphatic heterocycles. The van der Waals surface area contributed by atoms with E-state index in [2.05, 4.69) is 44.6 Å². The van der Waals surface area contributed by atoms with E-state index in [1.165, 1.54) is 17.4 Å². The van der Waals surface area contributed by atoms with Crippen molar-refractivity contribution in [2.75, 3.05) is 18.4 Å². The number of aryl methyl sites for hydroxylation is 1. The number of hydrogen-bond donors (Lipinski definition) is 2. The number of hydrogen-bond acceptors (Lipinski definition) is 6. The first kappa shape index (κ1) is 18.0. The SMILES string of the molecule is CC(=O)Nc1ncc(CN2C[C@@H](Cc3ccnc(C)c3)NC[C@@H]2C)s1. The Kier molecular flexibility index (Phi) is 5.78. The molecule has 2 aromatic rings. The molecule has 2 atom stereocenters. The van der Waals surface area contributed by atoms with Gasteiger partial charge in [0, 0.05) is 61.6 Å². The highest BCUT2D eigenvalue weighted by Gasteiger charge is 2.25. The van der Waals surface area contributed by atoms with Crippen LogP contribution in [-0.2, 0) is 17.8 Å². The Morgan fingerprint density at radius 1 is 1.48 bits per heavy atom. The van der Waals surface area contributed by atoms with Gasteiger partial charge >= 0.3 is 0 Å². The molecule has 0 aliphatic carbocycles. The van der Waals surface area contributed by atoms with Crippen LogP contribution in [0.2, 0.25) is 0 Å². The van der Waals surface area contributed by atoms with Crippen LogP contribution in [0.4, 0.5) is 5.13 Å². The molecule has 1 amide bonds. The molecule has 3 rings (SSSR count). The van der Waals surface area contributed by atoms with E-state index < -0.39 is 0 Å². The van der Waals surface area contributed by atoms with Gasteiger partial charge in [0.2, 0.25) is 5.91 Å². The number of amides is 1. The van der Waals surface area contributed by atoms with Gasteiger partial charge in [0.05, 0.1) is 0 Å². The van der Waals surface area contributed by atoms with Crippen molar-refractivity contribution in [3.05, 3.63) is 40.7 Å². The van der Waals surface area contributed by atoms with Crippen LogP contribution >= 0.6 is 11.3 Å². The molecule has 1 fully saturated rings. The monoisotopic (exact) mass is 359 g/mol. The van der Waals surface area contributed by atoms with Gasteiger partial charge in [-0.2, -0.15) is 0 Å². The van der Waals surface area contributed by atoms with E-state index in [4.69, 9.17) is 0 Å². The summed E-state index contributed by atoms with van der Waals surface area (Å²) in [6.07, 6.45) is 4.76. The molecule has 1 aliphatic rings. The van der Waals surface area contributed by atoms with E-state index in [0.717, 1.165) is 31.7 Å². The Hall–Kier alpha value is -1.83. The van der Waals surface area contributed by atoms with E-state index in [9.17, 15) is 4.79 Å². The highest BCUT2D eigenvalue weighted by atomic mass is 32.1. The van der Waals surface area contributed by atoms with E-state index in [-0.39, 0.29) is 5.91 Å².